The van der Waals surface area contributed by atoms with Crippen LogP contribution in [0.3, 0.4) is 0 Å². The number of hydrogen-bond acceptors (Lipinski definition) is 5. The predicted octanol–water partition coefficient (Wildman–Crippen LogP) is 3.74. The summed E-state index contributed by atoms with van der Waals surface area (Å²) in [6.07, 6.45) is 3.00. The third-order valence-electron chi connectivity index (χ3n) is 3.69. The summed E-state index contributed by atoms with van der Waals surface area (Å²) in [4.78, 5) is 22.5. The maximum atomic E-state index is 12.4. The second-order valence-electron chi connectivity index (χ2n) is 5.24. The Morgan fingerprint density at radius 3 is 2.50 bits per heavy atom. The van der Waals surface area contributed by atoms with E-state index in [1.165, 1.54) is 18.2 Å². The summed E-state index contributed by atoms with van der Waals surface area (Å²) in [5, 5.41) is 19.6. The Morgan fingerprint density at radius 2 is 1.79 bits per heavy atom. The molecule has 1 heterocycles. The molecule has 0 aliphatic rings. The normalized spacial score (nSPS) is 11.0. The maximum Gasteiger partial charge on any atom is 0.269 e. The SMILES string of the molecule is Cc1c(C(=O)/C=C/c2ccc([N+](=O)[O-])cc2)nnc2ccccc12. The van der Waals surface area contributed by atoms with Crippen molar-refractivity contribution in [3.63, 3.8) is 0 Å². The fraction of sp³-hybridized carbons (Fsp3) is 0.0556. The van der Waals surface area contributed by atoms with Gasteiger partial charge in [-0.25, -0.2) is 0 Å². The van der Waals surface area contributed by atoms with Crippen LogP contribution in [0, 0.1) is 17.0 Å². The summed E-state index contributed by atoms with van der Waals surface area (Å²) in [6.45, 7) is 1.84. The number of nitro benzene ring substituents is 1. The Morgan fingerprint density at radius 1 is 1.08 bits per heavy atom. The molecule has 1 aromatic heterocycles. The van der Waals surface area contributed by atoms with E-state index in [2.05, 4.69) is 10.2 Å². The Hall–Kier alpha value is -3.41. The van der Waals surface area contributed by atoms with Crippen molar-refractivity contribution in [2.75, 3.05) is 0 Å². The van der Waals surface area contributed by atoms with Crippen LogP contribution in [0.4, 0.5) is 5.69 Å². The molecule has 24 heavy (non-hydrogen) atoms. The van der Waals surface area contributed by atoms with E-state index in [4.69, 9.17) is 0 Å². The molecule has 0 aliphatic carbocycles. The summed E-state index contributed by atoms with van der Waals surface area (Å²) >= 11 is 0. The van der Waals surface area contributed by atoms with E-state index < -0.39 is 4.92 Å². The molecule has 0 aliphatic heterocycles. The number of aryl methyl sites for hydroxylation is 1. The number of benzene rings is 2. The summed E-state index contributed by atoms with van der Waals surface area (Å²) in [7, 11) is 0. The van der Waals surface area contributed by atoms with Gasteiger partial charge in [-0.1, -0.05) is 24.3 Å². The molecule has 0 radical (unpaired) electrons. The number of ketones is 1. The van der Waals surface area contributed by atoms with Crippen molar-refractivity contribution in [1.29, 1.82) is 0 Å². The second-order valence-corrected chi connectivity index (χ2v) is 5.24. The number of aromatic nitrogens is 2. The van der Waals surface area contributed by atoms with Crippen LogP contribution >= 0.6 is 0 Å². The van der Waals surface area contributed by atoms with Crippen molar-refractivity contribution in [2.45, 2.75) is 6.92 Å². The molecule has 0 fully saturated rings. The highest BCUT2D eigenvalue weighted by Crippen LogP contribution is 2.19. The van der Waals surface area contributed by atoms with Crippen LogP contribution in [0.1, 0.15) is 21.6 Å². The second kappa shape index (κ2) is 6.37. The highest BCUT2D eigenvalue weighted by molar-refractivity contribution is 6.08. The van der Waals surface area contributed by atoms with Crippen LogP contribution < -0.4 is 0 Å². The van der Waals surface area contributed by atoms with Gasteiger partial charge in [0.2, 0.25) is 5.78 Å². The van der Waals surface area contributed by atoms with E-state index in [0.29, 0.717) is 11.3 Å². The van der Waals surface area contributed by atoms with Gasteiger partial charge in [0, 0.05) is 17.5 Å². The molecule has 2 aromatic carbocycles. The molecular weight excluding hydrogens is 306 g/mol. The van der Waals surface area contributed by atoms with Gasteiger partial charge in [-0.05, 0) is 42.3 Å². The lowest BCUT2D eigenvalue weighted by Gasteiger charge is -2.04. The van der Waals surface area contributed by atoms with Crippen LogP contribution in [0.2, 0.25) is 0 Å². The van der Waals surface area contributed by atoms with Crippen molar-refractivity contribution >= 4 is 28.4 Å². The number of nitro groups is 1. The zero-order valence-electron chi connectivity index (χ0n) is 12.8. The van der Waals surface area contributed by atoms with Gasteiger partial charge < -0.3 is 0 Å². The summed E-state index contributed by atoms with van der Waals surface area (Å²) in [6, 6.07) is 13.5. The molecule has 0 saturated heterocycles. The largest absolute Gasteiger partial charge is 0.287 e. The smallest absolute Gasteiger partial charge is 0.269 e. The van der Waals surface area contributed by atoms with Crippen molar-refractivity contribution in [1.82, 2.24) is 10.2 Å². The van der Waals surface area contributed by atoms with E-state index >= 15 is 0 Å². The number of non-ortho nitro benzene ring substituents is 1. The monoisotopic (exact) mass is 319 g/mol. The molecule has 0 atom stereocenters. The van der Waals surface area contributed by atoms with Crippen molar-refractivity contribution in [3.8, 4) is 0 Å². The molecule has 6 heteroatoms. The zero-order chi connectivity index (χ0) is 17.1. The number of rotatable bonds is 4. The summed E-state index contributed by atoms with van der Waals surface area (Å²) < 4.78 is 0. The van der Waals surface area contributed by atoms with Gasteiger partial charge in [-0.2, -0.15) is 0 Å². The molecule has 3 rings (SSSR count). The number of carbonyl (C=O) groups excluding carboxylic acids is 1. The lowest BCUT2D eigenvalue weighted by Crippen LogP contribution is -2.04. The van der Waals surface area contributed by atoms with E-state index in [1.54, 1.807) is 18.2 Å². The molecule has 0 unspecified atom stereocenters. The minimum Gasteiger partial charge on any atom is -0.287 e. The van der Waals surface area contributed by atoms with Gasteiger partial charge in [0.1, 0.15) is 5.69 Å². The number of fused-ring (bicyclic) bond motifs is 1. The molecule has 3 aromatic rings. The minimum atomic E-state index is -0.466. The van der Waals surface area contributed by atoms with Crippen LogP contribution in [-0.4, -0.2) is 20.9 Å². The van der Waals surface area contributed by atoms with Crippen LogP contribution in [0.25, 0.3) is 17.0 Å². The third kappa shape index (κ3) is 3.03. The molecule has 118 valence electrons. The van der Waals surface area contributed by atoms with Gasteiger partial charge in [-0.3, -0.25) is 14.9 Å². The summed E-state index contributed by atoms with van der Waals surface area (Å²) in [5.41, 5.74) is 2.52. The Labute approximate surface area is 137 Å². The van der Waals surface area contributed by atoms with Crippen molar-refractivity contribution < 1.29 is 9.72 Å². The molecule has 0 bridgehead atoms. The zero-order valence-corrected chi connectivity index (χ0v) is 12.8. The lowest BCUT2D eigenvalue weighted by atomic mass is 10.1. The quantitative estimate of drug-likeness (QED) is 0.316. The molecular formula is C18H13N3O3. The highest BCUT2D eigenvalue weighted by Gasteiger charge is 2.12. The Kier molecular flexibility index (Phi) is 4.11. The van der Waals surface area contributed by atoms with E-state index in [0.717, 1.165) is 16.5 Å². The molecule has 6 nitrogen and oxygen atoms in total. The average Bonchev–Trinajstić information content (AvgIpc) is 2.60. The fourth-order valence-electron chi connectivity index (χ4n) is 2.38. The molecule has 0 saturated carbocycles. The van der Waals surface area contributed by atoms with Gasteiger partial charge in [0.05, 0.1) is 10.4 Å². The molecule has 0 amide bonds. The van der Waals surface area contributed by atoms with Crippen molar-refractivity contribution in [2.24, 2.45) is 0 Å². The fourth-order valence-corrected chi connectivity index (χ4v) is 2.38. The van der Waals surface area contributed by atoms with Crippen LogP contribution in [0.5, 0.6) is 0 Å². The maximum absolute atomic E-state index is 12.4. The first kappa shape index (κ1) is 15.5. The van der Waals surface area contributed by atoms with E-state index in [1.807, 2.05) is 31.2 Å². The van der Waals surface area contributed by atoms with Crippen molar-refractivity contribution in [3.05, 3.63) is 81.5 Å². The van der Waals surface area contributed by atoms with Gasteiger partial charge >= 0.3 is 0 Å². The highest BCUT2D eigenvalue weighted by atomic mass is 16.6. The summed E-state index contributed by atoms with van der Waals surface area (Å²) in [5.74, 6) is -0.260. The predicted molar refractivity (Wildman–Crippen MR) is 90.7 cm³/mol. The standard InChI is InChI=1S/C18H13N3O3/c1-12-15-4-2-3-5-16(15)19-20-18(12)17(22)11-8-13-6-9-14(10-7-13)21(23)24/h2-11H,1H3/b11-8+. The van der Waals surface area contributed by atoms with Gasteiger partial charge in [0.25, 0.3) is 5.69 Å². The van der Waals surface area contributed by atoms with E-state index in [-0.39, 0.29) is 11.5 Å². The van der Waals surface area contributed by atoms with E-state index in [9.17, 15) is 14.9 Å². The van der Waals surface area contributed by atoms with Gasteiger partial charge in [0.15, 0.2) is 0 Å². The molecule has 0 spiro atoms. The topological polar surface area (TPSA) is 86.0 Å². The van der Waals surface area contributed by atoms with Crippen LogP contribution in [-0.2, 0) is 0 Å². The Balaban J connectivity index is 1.87. The lowest BCUT2D eigenvalue weighted by molar-refractivity contribution is -0.384. The first-order valence-corrected chi connectivity index (χ1v) is 7.25. The number of nitrogens with zero attached hydrogens (tertiary/aromatic N) is 3. The number of hydrogen-bond donors (Lipinski definition) is 0. The van der Waals surface area contributed by atoms with Crippen LogP contribution in [0.15, 0.2) is 54.6 Å². The first-order chi connectivity index (χ1) is 11.6. The van der Waals surface area contributed by atoms with Gasteiger partial charge in [-0.15, -0.1) is 10.2 Å². The number of carbonyl (C=O) groups is 1. The Bertz CT molecular complexity index is 963. The average molecular weight is 319 g/mol. The number of allylic oxidation sites excluding steroid dienone is 1. The molecule has 0 N–H and O–H groups in total. The first-order valence-electron chi connectivity index (χ1n) is 7.25. The third-order valence-corrected chi connectivity index (χ3v) is 3.69. The minimum absolute atomic E-state index is 0.00900.